The van der Waals surface area contributed by atoms with E-state index < -0.39 is 11.7 Å². The third-order valence-corrected chi connectivity index (χ3v) is 13.3. The molecule has 2 spiro atoms. The van der Waals surface area contributed by atoms with Crippen molar-refractivity contribution >= 4 is 5.97 Å². The van der Waals surface area contributed by atoms with Crippen LogP contribution in [-0.2, 0) is 19.0 Å². The topological polar surface area (TPSA) is 91.0 Å². The van der Waals surface area contributed by atoms with Gasteiger partial charge in [-0.15, -0.1) is 13.2 Å². The van der Waals surface area contributed by atoms with Gasteiger partial charge >= 0.3 is 5.97 Å². The minimum absolute atomic E-state index is 0.212. The summed E-state index contributed by atoms with van der Waals surface area (Å²) in [6.07, 6.45) is 12.1. The molecule has 6 rings (SSSR count). The standard InChI is InChI=1S/C32H53NO5.C2H4/c1-19(34)37-27(29(4,5)35)23-9-7-21-24(38-23)17-22-20-8-10-25-28(2,3)26(36-16-15-33)11-12-32(25)18-31(20,32)14-13-30(21,22)6;1-2/h20-27,35H,7-18,33H2,1-6H3;1-2H2/t20-,21?,22?,23+,24+,25?,26-,27-,30+,31-,32+;/m0./s1. The summed E-state index contributed by atoms with van der Waals surface area (Å²) in [5, 5.41) is 10.8. The lowest BCUT2D eigenvalue weighted by molar-refractivity contribution is -0.200. The van der Waals surface area contributed by atoms with Gasteiger partial charge in [-0.2, -0.15) is 0 Å². The molecule has 1 aliphatic heterocycles. The largest absolute Gasteiger partial charge is 0.457 e. The molecule has 6 heteroatoms. The number of carbonyl (C=O) groups excluding carboxylic acids is 1. The Labute approximate surface area is 243 Å². The summed E-state index contributed by atoms with van der Waals surface area (Å²) >= 11 is 0. The third kappa shape index (κ3) is 4.36. The molecule has 0 aromatic carbocycles. The van der Waals surface area contributed by atoms with Crippen LogP contribution in [0.2, 0.25) is 0 Å². The molecule has 0 aromatic rings. The Hall–Kier alpha value is -0.950. The lowest BCUT2D eigenvalue weighted by atomic mass is 9.46. The van der Waals surface area contributed by atoms with Crippen LogP contribution in [-0.4, -0.2) is 54.2 Å². The predicted molar refractivity (Wildman–Crippen MR) is 157 cm³/mol. The summed E-state index contributed by atoms with van der Waals surface area (Å²) in [4.78, 5) is 11.9. The normalized spacial score (nSPS) is 47.1. The van der Waals surface area contributed by atoms with E-state index in [-0.39, 0.29) is 23.6 Å². The second kappa shape index (κ2) is 10.3. The molecule has 0 amide bonds. The number of carbonyl (C=O) groups is 1. The lowest BCUT2D eigenvalue weighted by Crippen LogP contribution is -2.55. The van der Waals surface area contributed by atoms with Gasteiger partial charge in [0.2, 0.25) is 0 Å². The van der Waals surface area contributed by atoms with Gasteiger partial charge in [0.25, 0.3) is 0 Å². The number of rotatable bonds is 6. The molecule has 5 aliphatic carbocycles. The third-order valence-electron chi connectivity index (χ3n) is 13.3. The Morgan fingerprint density at radius 3 is 2.38 bits per heavy atom. The summed E-state index contributed by atoms with van der Waals surface area (Å²) < 4.78 is 18.8. The van der Waals surface area contributed by atoms with Gasteiger partial charge in [-0.1, -0.05) is 20.8 Å². The Morgan fingerprint density at radius 1 is 1.02 bits per heavy atom. The summed E-state index contributed by atoms with van der Waals surface area (Å²) in [5.74, 6) is 2.51. The first kappa shape index (κ1) is 30.5. The van der Waals surface area contributed by atoms with Crippen LogP contribution in [0.3, 0.4) is 0 Å². The molecule has 6 nitrogen and oxygen atoms in total. The van der Waals surface area contributed by atoms with Crippen LogP contribution < -0.4 is 5.73 Å². The predicted octanol–water partition coefficient (Wildman–Crippen LogP) is 6.04. The summed E-state index contributed by atoms with van der Waals surface area (Å²) in [6.45, 7) is 19.7. The quantitative estimate of drug-likeness (QED) is 0.305. The number of esters is 1. The zero-order chi connectivity index (χ0) is 29.3. The molecule has 3 unspecified atom stereocenters. The minimum Gasteiger partial charge on any atom is -0.457 e. The van der Waals surface area contributed by atoms with Gasteiger partial charge in [0.1, 0.15) is 0 Å². The van der Waals surface area contributed by atoms with Gasteiger partial charge in [0.05, 0.1) is 30.5 Å². The highest BCUT2D eigenvalue weighted by molar-refractivity contribution is 5.66. The van der Waals surface area contributed by atoms with E-state index in [0.29, 0.717) is 47.3 Å². The van der Waals surface area contributed by atoms with Crippen LogP contribution in [0.15, 0.2) is 13.2 Å². The smallest absolute Gasteiger partial charge is 0.303 e. The summed E-state index contributed by atoms with van der Waals surface area (Å²) in [7, 11) is 0. The van der Waals surface area contributed by atoms with Crippen molar-refractivity contribution in [3.8, 4) is 0 Å². The molecule has 0 bridgehead atoms. The minimum atomic E-state index is -1.12. The van der Waals surface area contributed by atoms with Gasteiger partial charge in [0, 0.05) is 13.5 Å². The van der Waals surface area contributed by atoms with E-state index >= 15 is 0 Å². The second-order valence-corrected chi connectivity index (χ2v) is 15.7. The van der Waals surface area contributed by atoms with Crippen molar-refractivity contribution in [3.63, 3.8) is 0 Å². The molecule has 40 heavy (non-hydrogen) atoms. The zero-order valence-electron chi connectivity index (χ0n) is 26.2. The molecule has 1 saturated heterocycles. The van der Waals surface area contributed by atoms with Crippen molar-refractivity contribution in [2.24, 2.45) is 51.1 Å². The van der Waals surface area contributed by atoms with Crippen LogP contribution in [0.4, 0.5) is 0 Å². The highest BCUT2D eigenvalue weighted by Gasteiger charge is 2.80. The Balaban J connectivity index is 0.00000158. The number of ether oxygens (including phenoxy) is 3. The van der Waals surface area contributed by atoms with Crippen molar-refractivity contribution in [1.82, 2.24) is 0 Å². The van der Waals surface area contributed by atoms with E-state index in [4.69, 9.17) is 19.9 Å². The summed E-state index contributed by atoms with van der Waals surface area (Å²) in [6, 6.07) is 0. The van der Waals surface area contributed by atoms with Crippen molar-refractivity contribution in [2.45, 2.75) is 136 Å². The van der Waals surface area contributed by atoms with Gasteiger partial charge in [0.15, 0.2) is 6.10 Å². The number of fused-ring (bicyclic) bond motifs is 4. The Bertz CT molecular complexity index is 960. The molecule has 11 atom stereocenters. The monoisotopic (exact) mass is 559 g/mol. The number of aliphatic hydroxyl groups is 1. The second-order valence-electron chi connectivity index (χ2n) is 15.7. The van der Waals surface area contributed by atoms with Crippen LogP contribution in [0.25, 0.3) is 0 Å². The van der Waals surface area contributed by atoms with E-state index in [1.807, 2.05) is 0 Å². The molecule has 3 N–H and O–H groups in total. The lowest BCUT2D eigenvalue weighted by Gasteiger charge is -2.59. The van der Waals surface area contributed by atoms with Crippen molar-refractivity contribution in [1.29, 1.82) is 0 Å². The molecular formula is C34H57NO5. The maximum Gasteiger partial charge on any atom is 0.303 e. The number of nitrogens with two attached hydrogens (primary N) is 1. The molecule has 0 aromatic heterocycles. The van der Waals surface area contributed by atoms with E-state index in [9.17, 15) is 9.90 Å². The van der Waals surface area contributed by atoms with Crippen LogP contribution in [0.5, 0.6) is 0 Å². The van der Waals surface area contributed by atoms with Crippen LogP contribution in [0.1, 0.15) is 106 Å². The molecule has 1 heterocycles. The maximum absolute atomic E-state index is 11.9. The summed E-state index contributed by atoms with van der Waals surface area (Å²) in [5.41, 5.74) is 6.26. The first-order valence-electron chi connectivity index (χ1n) is 16.2. The molecule has 228 valence electrons. The van der Waals surface area contributed by atoms with Crippen LogP contribution in [0, 0.1) is 45.3 Å². The highest BCUT2D eigenvalue weighted by atomic mass is 16.6. The maximum atomic E-state index is 11.9. The van der Waals surface area contributed by atoms with E-state index in [0.717, 1.165) is 31.1 Å². The van der Waals surface area contributed by atoms with Crippen molar-refractivity contribution in [3.05, 3.63) is 13.2 Å². The van der Waals surface area contributed by atoms with Gasteiger partial charge < -0.3 is 25.1 Å². The van der Waals surface area contributed by atoms with E-state index in [1.54, 1.807) is 13.8 Å². The van der Waals surface area contributed by atoms with Crippen molar-refractivity contribution in [2.75, 3.05) is 13.2 Å². The molecule has 0 radical (unpaired) electrons. The zero-order valence-corrected chi connectivity index (χ0v) is 26.2. The van der Waals surface area contributed by atoms with E-state index in [1.165, 1.54) is 51.9 Å². The van der Waals surface area contributed by atoms with Gasteiger partial charge in [-0.05, 0) is 123 Å². The average Bonchev–Trinajstić information content (AvgIpc) is 3.47. The first-order valence-corrected chi connectivity index (χ1v) is 16.2. The van der Waals surface area contributed by atoms with E-state index in [2.05, 4.69) is 33.9 Å². The number of hydrogen-bond donors (Lipinski definition) is 2. The van der Waals surface area contributed by atoms with Crippen LogP contribution >= 0.6 is 0 Å². The SMILES string of the molecule is C=C.CC(=O)O[C@@H]([C@H]1CCC2[C@@H](CC3[C@@H]4CCC5C(C)(C)[C@@H](OCCN)CC[C@@]56C[C@@]46CC[C@]23C)O1)C(C)(C)O. The van der Waals surface area contributed by atoms with Crippen molar-refractivity contribution < 1.29 is 24.1 Å². The molecule has 6 fully saturated rings. The average molecular weight is 560 g/mol. The fourth-order valence-corrected chi connectivity index (χ4v) is 11.8. The Morgan fingerprint density at radius 2 is 1.73 bits per heavy atom. The van der Waals surface area contributed by atoms with Gasteiger partial charge in [-0.25, -0.2) is 0 Å². The number of hydrogen-bond acceptors (Lipinski definition) is 6. The molecule has 6 aliphatic rings. The molecule has 5 saturated carbocycles. The Kier molecular flexibility index (Phi) is 7.89. The van der Waals surface area contributed by atoms with Gasteiger partial charge in [-0.3, -0.25) is 4.79 Å². The molecular weight excluding hydrogens is 502 g/mol. The first-order chi connectivity index (χ1) is 18.8. The fourth-order valence-electron chi connectivity index (χ4n) is 11.8. The highest BCUT2D eigenvalue weighted by Crippen LogP contribution is 2.87. The fraction of sp³-hybridized carbons (Fsp3) is 0.912.